The number of carbonyl (C=O) groups excluding carboxylic acids is 1. The number of carbonyl (C=O) groups is 1. The van der Waals surface area contributed by atoms with E-state index in [-0.39, 0.29) is 5.91 Å². The summed E-state index contributed by atoms with van der Waals surface area (Å²) in [5, 5.41) is 2.58. The van der Waals surface area contributed by atoms with Gasteiger partial charge in [-0.3, -0.25) is 4.79 Å². The maximum atomic E-state index is 11.3. The van der Waals surface area contributed by atoms with Gasteiger partial charge in [-0.25, -0.2) is 0 Å². The van der Waals surface area contributed by atoms with E-state index in [0.717, 1.165) is 6.42 Å². The first-order chi connectivity index (χ1) is 5.90. The van der Waals surface area contributed by atoms with Gasteiger partial charge in [0.1, 0.15) is 5.60 Å². The van der Waals surface area contributed by atoms with Crippen LogP contribution in [0.5, 0.6) is 0 Å². The minimum absolute atomic E-state index is 0.0729. The Labute approximate surface area is 80.8 Å². The van der Waals surface area contributed by atoms with Crippen LogP contribution in [0.15, 0.2) is 0 Å². The lowest BCUT2D eigenvalue weighted by atomic mass is 10.1. The Morgan fingerprint density at radius 2 is 2.00 bits per heavy atom. The monoisotopic (exact) mass is 187 g/mol. The first-order valence-corrected chi connectivity index (χ1v) is 4.76. The van der Waals surface area contributed by atoms with E-state index in [1.54, 1.807) is 20.9 Å². The molecule has 0 unspecified atom stereocenters. The van der Waals surface area contributed by atoms with Crippen molar-refractivity contribution in [2.24, 2.45) is 5.92 Å². The van der Waals surface area contributed by atoms with E-state index >= 15 is 0 Å². The van der Waals surface area contributed by atoms with E-state index in [2.05, 4.69) is 19.2 Å². The van der Waals surface area contributed by atoms with Crippen molar-refractivity contribution in [3.8, 4) is 0 Å². The molecule has 0 saturated carbocycles. The highest BCUT2D eigenvalue weighted by Gasteiger charge is 2.26. The number of amides is 1. The molecule has 0 aromatic carbocycles. The fourth-order valence-corrected chi connectivity index (χ4v) is 0.916. The zero-order valence-electron chi connectivity index (χ0n) is 9.31. The molecule has 1 N–H and O–H groups in total. The molecule has 1 amide bonds. The molecule has 0 spiro atoms. The molecular weight excluding hydrogens is 166 g/mol. The van der Waals surface area contributed by atoms with Gasteiger partial charge in [-0.2, -0.15) is 0 Å². The van der Waals surface area contributed by atoms with Crippen LogP contribution >= 0.6 is 0 Å². The zero-order valence-corrected chi connectivity index (χ0v) is 9.31. The molecule has 0 aliphatic rings. The predicted molar refractivity (Wildman–Crippen MR) is 53.6 cm³/mol. The topological polar surface area (TPSA) is 38.3 Å². The molecule has 0 aliphatic heterocycles. The second-order valence-corrected chi connectivity index (χ2v) is 4.12. The summed E-state index contributed by atoms with van der Waals surface area (Å²) < 4.78 is 5.48. The smallest absolute Gasteiger partial charge is 0.251 e. The zero-order chi connectivity index (χ0) is 10.5. The summed E-state index contributed by atoms with van der Waals surface area (Å²) in [5.74, 6) is 0.539. The average Bonchev–Trinajstić information content (AvgIpc) is 2.01. The largest absolute Gasteiger partial charge is 0.366 e. The molecule has 78 valence electrons. The van der Waals surface area contributed by atoms with Gasteiger partial charge in [0.05, 0.1) is 0 Å². The van der Waals surface area contributed by atoms with E-state index in [9.17, 15) is 4.79 Å². The number of hydrogen-bond donors (Lipinski definition) is 1. The Morgan fingerprint density at radius 3 is 2.38 bits per heavy atom. The second-order valence-electron chi connectivity index (χ2n) is 4.12. The highest BCUT2D eigenvalue weighted by Crippen LogP contribution is 2.11. The highest BCUT2D eigenvalue weighted by atomic mass is 16.5. The number of ether oxygens (including phenoxy) is 1. The first-order valence-electron chi connectivity index (χ1n) is 4.76. The summed E-state index contributed by atoms with van der Waals surface area (Å²) in [4.78, 5) is 11.3. The maximum Gasteiger partial charge on any atom is 0.251 e. The van der Waals surface area contributed by atoms with Crippen molar-refractivity contribution < 1.29 is 9.53 Å². The quantitative estimate of drug-likeness (QED) is 0.709. The SMILES string of the molecule is CNC(=O)C(C)(C)OCCC(C)C. The van der Waals surface area contributed by atoms with Crippen LogP contribution in [0.4, 0.5) is 0 Å². The Bertz CT molecular complexity index is 164. The van der Waals surface area contributed by atoms with Gasteiger partial charge in [0.2, 0.25) is 0 Å². The third kappa shape index (κ3) is 4.88. The van der Waals surface area contributed by atoms with Crippen molar-refractivity contribution in [3.05, 3.63) is 0 Å². The predicted octanol–water partition coefficient (Wildman–Crippen LogP) is 1.57. The molecule has 13 heavy (non-hydrogen) atoms. The van der Waals surface area contributed by atoms with Crippen LogP contribution < -0.4 is 5.32 Å². The maximum absolute atomic E-state index is 11.3. The number of likely N-dealkylation sites (N-methyl/N-ethyl adjacent to an activating group) is 1. The van der Waals surface area contributed by atoms with Crippen LogP contribution in [0.25, 0.3) is 0 Å². The molecule has 0 bridgehead atoms. The first kappa shape index (κ1) is 12.4. The van der Waals surface area contributed by atoms with Crippen molar-refractivity contribution in [1.82, 2.24) is 5.32 Å². The molecular formula is C10H21NO2. The summed E-state index contributed by atoms with van der Waals surface area (Å²) in [6.07, 6.45) is 0.987. The molecule has 0 saturated heterocycles. The van der Waals surface area contributed by atoms with Gasteiger partial charge in [0, 0.05) is 13.7 Å². The van der Waals surface area contributed by atoms with Crippen molar-refractivity contribution in [2.75, 3.05) is 13.7 Å². The lowest BCUT2D eigenvalue weighted by molar-refractivity contribution is -0.142. The van der Waals surface area contributed by atoms with Crippen molar-refractivity contribution in [2.45, 2.75) is 39.7 Å². The third-order valence-electron chi connectivity index (χ3n) is 1.93. The molecule has 0 aliphatic carbocycles. The molecule has 0 rings (SSSR count). The minimum Gasteiger partial charge on any atom is -0.366 e. The van der Waals surface area contributed by atoms with Crippen LogP contribution in [0.2, 0.25) is 0 Å². The molecule has 0 aromatic rings. The molecule has 0 fully saturated rings. The van der Waals surface area contributed by atoms with Gasteiger partial charge in [-0.15, -0.1) is 0 Å². The van der Waals surface area contributed by atoms with Crippen molar-refractivity contribution in [1.29, 1.82) is 0 Å². The van der Waals surface area contributed by atoms with E-state index in [1.807, 2.05) is 0 Å². The summed E-state index contributed by atoms with van der Waals surface area (Å²) in [6.45, 7) is 8.48. The van der Waals surface area contributed by atoms with Gasteiger partial charge in [0.15, 0.2) is 0 Å². The van der Waals surface area contributed by atoms with Gasteiger partial charge in [-0.1, -0.05) is 13.8 Å². The fraction of sp³-hybridized carbons (Fsp3) is 0.900. The molecule has 0 heterocycles. The van der Waals surface area contributed by atoms with Gasteiger partial charge < -0.3 is 10.1 Å². The number of nitrogens with one attached hydrogen (secondary N) is 1. The Kier molecular flexibility index (Phi) is 4.99. The average molecular weight is 187 g/mol. The van der Waals surface area contributed by atoms with Gasteiger partial charge in [0.25, 0.3) is 5.91 Å². The Balaban J connectivity index is 3.82. The lowest BCUT2D eigenvalue weighted by Crippen LogP contribution is -2.42. The third-order valence-corrected chi connectivity index (χ3v) is 1.93. The van der Waals surface area contributed by atoms with E-state index in [4.69, 9.17) is 4.74 Å². The summed E-state index contributed by atoms with van der Waals surface area (Å²) in [5.41, 5.74) is -0.705. The highest BCUT2D eigenvalue weighted by molar-refractivity contribution is 5.83. The standard InChI is InChI=1S/C10H21NO2/c1-8(2)6-7-13-10(3,4)9(12)11-5/h8H,6-7H2,1-5H3,(H,11,12). The van der Waals surface area contributed by atoms with Gasteiger partial charge >= 0.3 is 0 Å². The van der Waals surface area contributed by atoms with Crippen molar-refractivity contribution >= 4 is 5.91 Å². The van der Waals surface area contributed by atoms with Crippen LogP contribution in [-0.2, 0) is 9.53 Å². The fourth-order valence-electron chi connectivity index (χ4n) is 0.916. The number of hydrogen-bond acceptors (Lipinski definition) is 2. The number of rotatable bonds is 5. The molecule has 3 heteroatoms. The van der Waals surface area contributed by atoms with Crippen molar-refractivity contribution in [3.63, 3.8) is 0 Å². The summed E-state index contributed by atoms with van der Waals surface area (Å²) in [7, 11) is 1.62. The summed E-state index contributed by atoms with van der Waals surface area (Å²) >= 11 is 0. The van der Waals surface area contributed by atoms with E-state index < -0.39 is 5.60 Å². The van der Waals surface area contributed by atoms with Crippen LogP contribution in [0.3, 0.4) is 0 Å². The molecule has 0 atom stereocenters. The molecule has 0 radical (unpaired) electrons. The second kappa shape index (κ2) is 5.22. The Hall–Kier alpha value is -0.570. The van der Waals surface area contributed by atoms with Gasteiger partial charge in [-0.05, 0) is 26.2 Å². The lowest BCUT2D eigenvalue weighted by Gasteiger charge is -2.23. The van der Waals surface area contributed by atoms with Crippen LogP contribution in [0, 0.1) is 5.92 Å². The Morgan fingerprint density at radius 1 is 1.46 bits per heavy atom. The van der Waals surface area contributed by atoms with E-state index in [0.29, 0.717) is 12.5 Å². The van der Waals surface area contributed by atoms with E-state index in [1.165, 1.54) is 0 Å². The van der Waals surface area contributed by atoms with Crippen LogP contribution in [-0.4, -0.2) is 25.2 Å². The molecule has 0 aromatic heterocycles. The molecule has 3 nitrogen and oxygen atoms in total. The normalized spacial score (nSPS) is 11.8. The minimum atomic E-state index is -0.705. The van der Waals surface area contributed by atoms with Crippen LogP contribution in [0.1, 0.15) is 34.1 Å². The summed E-state index contributed by atoms with van der Waals surface area (Å²) in [6, 6.07) is 0.